The van der Waals surface area contributed by atoms with Crippen LogP contribution >= 0.6 is 0 Å². The van der Waals surface area contributed by atoms with Gasteiger partial charge >= 0.3 is 17.9 Å². The van der Waals surface area contributed by atoms with E-state index in [2.05, 4.69) is 47.9 Å². The summed E-state index contributed by atoms with van der Waals surface area (Å²) in [5, 5.41) is 59.8. The monoisotopic (exact) mass is 1350 g/mol. The number of Topliss-reactive ketones (excluding diaryl/α,β-unsaturated/α-hetero) is 1. The number of carbonyl (C=O) groups is 11. The normalized spacial score (nSPS) is 12.7. The molecule has 30 nitrogen and oxygen atoms in total. The number of amides is 7. The fourth-order valence-electron chi connectivity index (χ4n) is 9.81. The van der Waals surface area contributed by atoms with Crippen LogP contribution in [0.4, 0.5) is 0 Å². The van der Waals surface area contributed by atoms with Gasteiger partial charge in [0.2, 0.25) is 41.4 Å². The van der Waals surface area contributed by atoms with Crippen LogP contribution in [0.2, 0.25) is 0 Å². The Hall–Kier alpha value is -7.38. The molecule has 0 aliphatic heterocycles. The van der Waals surface area contributed by atoms with Crippen molar-refractivity contribution in [3.8, 4) is 0 Å². The number of likely N-dealkylation sites (N-methyl/N-ethyl adjacent to an activating group) is 1. The number of ether oxygens (including phenoxy) is 4. The van der Waals surface area contributed by atoms with Crippen LogP contribution in [0.1, 0.15) is 178 Å². The van der Waals surface area contributed by atoms with Gasteiger partial charge in [-0.3, -0.25) is 48.6 Å². The maximum Gasteiger partial charge on any atom is 0.326 e. The number of nitrogens with one attached hydrogen (secondary N) is 10. The van der Waals surface area contributed by atoms with Gasteiger partial charge in [-0.2, -0.15) is 0 Å². The van der Waals surface area contributed by atoms with Crippen LogP contribution in [-0.4, -0.2) is 209 Å². The molecule has 17 N–H and O–H groups in total. The molecular weight excluding hydrogens is 1240 g/mol. The molecule has 0 bridgehead atoms. The number of primary amides is 1. The summed E-state index contributed by atoms with van der Waals surface area (Å²) in [6.45, 7) is 3.37. The molecule has 7 amide bonds. The zero-order valence-electron chi connectivity index (χ0n) is 56.1. The summed E-state index contributed by atoms with van der Waals surface area (Å²) >= 11 is 0. The highest BCUT2D eigenvalue weighted by Crippen LogP contribution is 2.15. The molecule has 0 radical (unpaired) electrons. The van der Waals surface area contributed by atoms with Gasteiger partial charge in [0.1, 0.15) is 31.3 Å². The van der Waals surface area contributed by atoms with E-state index >= 15 is 0 Å². The molecule has 0 saturated carbocycles. The van der Waals surface area contributed by atoms with E-state index in [1.165, 1.54) is 25.7 Å². The second-order valence-corrected chi connectivity index (χ2v) is 23.5. The highest BCUT2D eigenvalue weighted by Gasteiger charge is 2.26. The lowest BCUT2D eigenvalue weighted by atomic mass is 10.0. The number of nitrogens with two attached hydrogens (primary N) is 2. The van der Waals surface area contributed by atoms with Crippen molar-refractivity contribution in [2.24, 2.45) is 11.5 Å². The van der Waals surface area contributed by atoms with Crippen LogP contribution in [0.3, 0.4) is 0 Å². The molecule has 0 heterocycles. The number of aryl methyl sites for hydroxylation is 1. The molecule has 0 spiro atoms. The second-order valence-electron chi connectivity index (χ2n) is 23.5. The Kier molecular flexibility index (Phi) is 50.4. The molecule has 0 fully saturated rings. The Bertz CT molecular complexity index is 2410. The lowest BCUT2D eigenvalue weighted by molar-refractivity contribution is -0.143. The average Bonchev–Trinajstić information content (AvgIpc) is 1.16. The summed E-state index contributed by atoms with van der Waals surface area (Å²) in [4.78, 5) is 135. The standard InChI is InChI=1S/C65H112N12O18/c1-47-24-26-48(27-25-47)42-53(62(66)87)77-58(82)43-49(20-19-33-73-65(67)68)74-44-54(78)50(69-2)21-17-18-32-70-59(83)45-94-40-39-93-37-35-72-60(84)46-95-41-38-92-36-34-71-55(79)30-28-51(63(88)89)76-57(81)31-29-52(64(90)91)75-56(80)22-15-13-11-9-7-5-3-4-6-8-10-12-14-16-23-61(85)86/h24-27,49-53,69,74H,3-23,28-46H2,1-2H3,(H2,66,87)(H,70,83)(H,71,79)(H,72,84)(H,75,80)(H,76,81)(H,77,82)(H,85,86)(H,88,89)(H,90,91)(H4,67,68,73)/t49-,50-,51-,52-,53-/m0/s1. The number of guanidine groups is 1. The van der Waals surface area contributed by atoms with Crippen LogP contribution in [0, 0.1) is 12.3 Å². The lowest BCUT2D eigenvalue weighted by Crippen LogP contribution is -2.48. The van der Waals surface area contributed by atoms with Gasteiger partial charge < -0.3 is 93.6 Å². The van der Waals surface area contributed by atoms with Crippen LogP contribution < -0.4 is 59.3 Å². The third-order valence-electron chi connectivity index (χ3n) is 15.2. The second kappa shape index (κ2) is 55.9. The molecule has 5 atom stereocenters. The summed E-state index contributed by atoms with van der Waals surface area (Å²) in [5.41, 5.74) is 12.9. The van der Waals surface area contributed by atoms with Crippen LogP contribution in [-0.2, 0) is 78.1 Å². The first-order chi connectivity index (χ1) is 45.6. The van der Waals surface area contributed by atoms with E-state index in [9.17, 15) is 63.0 Å². The average molecular weight is 1350 g/mol. The van der Waals surface area contributed by atoms with Crippen molar-refractivity contribution < 1.29 is 87.0 Å². The van der Waals surface area contributed by atoms with Gasteiger partial charge in [-0.05, 0) is 77.3 Å². The fraction of sp³-hybridized carbons (Fsp3) is 0.723. The van der Waals surface area contributed by atoms with Crippen LogP contribution in [0.5, 0.6) is 0 Å². The van der Waals surface area contributed by atoms with Gasteiger partial charge in [-0.1, -0.05) is 107 Å². The first kappa shape index (κ1) is 85.6. The highest BCUT2D eigenvalue weighted by atomic mass is 16.5. The van der Waals surface area contributed by atoms with Gasteiger partial charge in [0.05, 0.1) is 52.2 Å². The molecule has 0 aromatic heterocycles. The number of ketones is 1. The van der Waals surface area contributed by atoms with E-state index < -0.39 is 77.7 Å². The van der Waals surface area contributed by atoms with Crippen molar-refractivity contribution in [1.82, 2.24) is 47.9 Å². The maximum atomic E-state index is 13.2. The Labute approximate surface area is 559 Å². The van der Waals surface area contributed by atoms with Crippen molar-refractivity contribution in [2.75, 3.05) is 92.6 Å². The van der Waals surface area contributed by atoms with E-state index in [0.29, 0.717) is 51.6 Å². The van der Waals surface area contributed by atoms with E-state index in [0.717, 1.165) is 68.9 Å². The third kappa shape index (κ3) is 49.8. The van der Waals surface area contributed by atoms with Gasteiger partial charge in [-0.15, -0.1) is 0 Å². The Morgan fingerprint density at radius 3 is 1.40 bits per heavy atom. The minimum absolute atomic E-state index is 0.0214. The fourth-order valence-corrected chi connectivity index (χ4v) is 9.81. The number of aliphatic carboxylic acids is 3. The van der Waals surface area contributed by atoms with E-state index in [-0.39, 0.29) is 147 Å². The van der Waals surface area contributed by atoms with E-state index in [1.807, 2.05) is 31.2 Å². The number of benzene rings is 1. The van der Waals surface area contributed by atoms with Crippen molar-refractivity contribution in [3.63, 3.8) is 0 Å². The predicted molar refractivity (Wildman–Crippen MR) is 355 cm³/mol. The largest absolute Gasteiger partial charge is 0.481 e. The van der Waals surface area contributed by atoms with Crippen LogP contribution in [0.15, 0.2) is 24.3 Å². The first-order valence-electron chi connectivity index (χ1n) is 33.6. The number of carbonyl (C=O) groups excluding carboxylic acids is 8. The number of carboxylic acid groups (broad SMARTS) is 3. The smallest absolute Gasteiger partial charge is 0.326 e. The third-order valence-corrected chi connectivity index (χ3v) is 15.2. The highest BCUT2D eigenvalue weighted by molar-refractivity contribution is 5.88. The maximum absolute atomic E-state index is 13.2. The first-order valence-corrected chi connectivity index (χ1v) is 33.6. The minimum Gasteiger partial charge on any atom is -0.481 e. The Morgan fingerprint density at radius 2 is 0.905 bits per heavy atom. The summed E-state index contributed by atoms with van der Waals surface area (Å²) in [6.07, 6.45) is 16.6. The molecule has 0 saturated heterocycles. The van der Waals surface area contributed by atoms with Gasteiger partial charge in [0.25, 0.3) is 0 Å². The number of hydrogen-bond acceptors (Lipinski definition) is 18. The Morgan fingerprint density at radius 1 is 0.453 bits per heavy atom. The van der Waals surface area contributed by atoms with Crippen molar-refractivity contribution in [2.45, 2.75) is 210 Å². The molecule has 1 aromatic rings. The van der Waals surface area contributed by atoms with Crippen molar-refractivity contribution in [3.05, 3.63) is 35.4 Å². The van der Waals surface area contributed by atoms with Crippen LogP contribution in [0.25, 0.3) is 0 Å². The van der Waals surface area contributed by atoms with Gasteiger partial charge in [-0.25, -0.2) is 9.59 Å². The SMILES string of the molecule is CN[C@@H](CCCCNC(=O)COCCOCCNC(=O)COCCOCCNC(=O)CC[C@H](NC(=O)CC[C@H](NC(=O)CCCCCCCCCCCCCCCCC(=O)O)C(=O)O)C(=O)O)C(=O)CN[C@@H](CCCNC(=N)N)CC(=O)N[C@@H](Cc1ccc(C)cc1)C(N)=O. The number of carboxylic acids is 3. The topological polar surface area (TPSA) is 470 Å². The number of rotatable bonds is 63. The minimum atomic E-state index is -1.41. The van der Waals surface area contributed by atoms with Crippen molar-refractivity contribution in [1.29, 1.82) is 5.41 Å². The zero-order valence-corrected chi connectivity index (χ0v) is 56.1. The molecular formula is C65H112N12O18. The summed E-state index contributed by atoms with van der Waals surface area (Å²) in [5.74, 6) is -7.17. The molecule has 540 valence electrons. The number of hydrogen-bond donors (Lipinski definition) is 15. The summed E-state index contributed by atoms with van der Waals surface area (Å²) in [6, 6.07) is 3.00. The molecule has 0 unspecified atom stereocenters. The lowest BCUT2D eigenvalue weighted by Gasteiger charge is -2.22. The van der Waals surface area contributed by atoms with Crippen molar-refractivity contribution >= 4 is 71.0 Å². The number of unbranched alkanes of at least 4 members (excludes halogenated alkanes) is 14. The van der Waals surface area contributed by atoms with E-state index in [1.54, 1.807) is 7.05 Å². The molecule has 0 aliphatic carbocycles. The molecule has 95 heavy (non-hydrogen) atoms. The predicted octanol–water partition coefficient (Wildman–Crippen LogP) is 1.89. The van der Waals surface area contributed by atoms with E-state index in [4.69, 9.17) is 40.9 Å². The quantitative estimate of drug-likeness (QED) is 0.0251. The Balaban J connectivity index is 2.14. The molecule has 0 aliphatic rings. The molecule has 1 aromatic carbocycles. The summed E-state index contributed by atoms with van der Waals surface area (Å²) in [7, 11) is 1.68. The van der Waals surface area contributed by atoms with Gasteiger partial charge in [0.15, 0.2) is 11.7 Å². The molecule has 1 rings (SSSR count). The zero-order chi connectivity index (χ0) is 70.3. The van der Waals surface area contributed by atoms with Gasteiger partial charge in [0, 0.05) is 70.7 Å². The summed E-state index contributed by atoms with van der Waals surface area (Å²) < 4.78 is 21.5. The molecule has 30 heteroatoms.